The monoisotopic (exact) mass is 534 g/mol. The number of benzene rings is 3. The van der Waals surface area contributed by atoms with E-state index in [0.29, 0.717) is 37.4 Å². The Morgan fingerprint density at radius 3 is 2.33 bits per heavy atom. The van der Waals surface area contributed by atoms with Crippen LogP contribution in [0.15, 0.2) is 60.7 Å². The Morgan fingerprint density at radius 2 is 1.69 bits per heavy atom. The standard InChI is InChI=1S/C30H35FO4.C4H8/c1-6-34-29(32)15-11-21-8-7-9-25(17-21)35-20-22-10-13-26(23(16-22)19-30(2,3)4)27-18-24(33-5)12-14-28(27)31;1-4-2-3-4/h7-10,12-14,16-18H,6,11,15,19-20H2,1-5H3;4H,2-3H2,1H3. The highest BCUT2D eigenvalue weighted by atomic mass is 19.1. The zero-order valence-corrected chi connectivity index (χ0v) is 24.3. The minimum atomic E-state index is -0.274. The van der Waals surface area contributed by atoms with Crippen LogP contribution in [0.5, 0.6) is 11.5 Å². The molecule has 0 spiro atoms. The first kappa shape index (κ1) is 30.2. The largest absolute Gasteiger partial charge is 0.497 e. The molecule has 0 saturated heterocycles. The van der Waals surface area contributed by atoms with Crippen LogP contribution >= 0.6 is 0 Å². The molecule has 0 bridgehead atoms. The summed E-state index contributed by atoms with van der Waals surface area (Å²) in [5, 5.41) is 0. The number of ether oxygens (including phenoxy) is 3. The predicted octanol–water partition coefficient (Wildman–Crippen LogP) is 8.58. The van der Waals surface area contributed by atoms with Crippen LogP contribution in [0.3, 0.4) is 0 Å². The molecule has 0 amide bonds. The summed E-state index contributed by atoms with van der Waals surface area (Å²) in [6.45, 7) is 11.4. The molecular formula is C34H43FO4. The van der Waals surface area contributed by atoms with Crippen molar-refractivity contribution in [3.63, 3.8) is 0 Å². The fourth-order valence-electron chi connectivity index (χ4n) is 4.16. The van der Waals surface area contributed by atoms with Gasteiger partial charge in [0.2, 0.25) is 0 Å². The molecule has 210 valence electrons. The third kappa shape index (κ3) is 10.4. The summed E-state index contributed by atoms with van der Waals surface area (Å²) in [6, 6.07) is 18.6. The van der Waals surface area contributed by atoms with Crippen LogP contribution in [-0.2, 0) is 29.0 Å². The molecule has 39 heavy (non-hydrogen) atoms. The zero-order chi connectivity index (χ0) is 28.4. The number of carbonyl (C=O) groups excluding carboxylic acids is 1. The summed E-state index contributed by atoms with van der Waals surface area (Å²) in [4.78, 5) is 11.6. The first-order valence-electron chi connectivity index (χ1n) is 13.9. The van der Waals surface area contributed by atoms with Gasteiger partial charge in [0.25, 0.3) is 0 Å². The van der Waals surface area contributed by atoms with E-state index >= 15 is 0 Å². The van der Waals surface area contributed by atoms with Crippen molar-refractivity contribution in [2.75, 3.05) is 13.7 Å². The number of hydrogen-bond donors (Lipinski definition) is 0. The lowest BCUT2D eigenvalue weighted by Crippen LogP contribution is -2.11. The minimum absolute atomic E-state index is 0.0246. The number of hydrogen-bond acceptors (Lipinski definition) is 4. The maximum atomic E-state index is 14.8. The quantitative estimate of drug-likeness (QED) is 0.244. The molecule has 0 atom stereocenters. The number of aryl methyl sites for hydroxylation is 1. The second-order valence-corrected chi connectivity index (χ2v) is 11.5. The molecule has 3 aromatic carbocycles. The first-order valence-corrected chi connectivity index (χ1v) is 13.9. The molecule has 0 unspecified atom stereocenters. The predicted molar refractivity (Wildman–Crippen MR) is 156 cm³/mol. The summed E-state index contributed by atoms with van der Waals surface area (Å²) in [5.74, 6) is 1.98. The minimum Gasteiger partial charge on any atom is -0.497 e. The van der Waals surface area contributed by atoms with Gasteiger partial charge in [0.1, 0.15) is 23.9 Å². The fraction of sp³-hybridized carbons (Fsp3) is 0.441. The molecule has 1 fully saturated rings. The van der Waals surface area contributed by atoms with Crippen LogP contribution in [0.2, 0.25) is 0 Å². The van der Waals surface area contributed by atoms with Gasteiger partial charge in [-0.1, -0.05) is 70.9 Å². The molecule has 0 radical (unpaired) electrons. The number of methoxy groups -OCH3 is 1. The fourth-order valence-corrected chi connectivity index (χ4v) is 4.16. The number of esters is 1. The Hall–Kier alpha value is -3.34. The molecule has 3 aromatic rings. The van der Waals surface area contributed by atoms with Crippen LogP contribution in [0, 0.1) is 17.2 Å². The van der Waals surface area contributed by atoms with E-state index in [9.17, 15) is 9.18 Å². The van der Waals surface area contributed by atoms with Gasteiger partial charge in [-0.3, -0.25) is 4.79 Å². The van der Waals surface area contributed by atoms with Crippen molar-refractivity contribution in [2.24, 2.45) is 11.3 Å². The maximum absolute atomic E-state index is 14.8. The number of halogens is 1. The third-order valence-corrected chi connectivity index (χ3v) is 6.45. The lowest BCUT2D eigenvalue weighted by molar-refractivity contribution is -0.143. The normalized spacial score (nSPS) is 12.8. The average molecular weight is 535 g/mol. The molecule has 5 heteroatoms. The Bertz CT molecular complexity index is 1220. The highest BCUT2D eigenvalue weighted by Gasteiger charge is 2.18. The van der Waals surface area contributed by atoms with E-state index in [1.807, 2.05) is 36.4 Å². The van der Waals surface area contributed by atoms with Crippen LogP contribution < -0.4 is 9.47 Å². The molecule has 1 aliphatic carbocycles. The van der Waals surface area contributed by atoms with Gasteiger partial charge in [-0.15, -0.1) is 0 Å². The van der Waals surface area contributed by atoms with Gasteiger partial charge in [-0.25, -0.2) is 4.39 Å². The Labute approximate surface area is 233 Å². The van der Waals surface area contributed by atoms with Gasteiger partial charge in [-0.2, -0.15) is 0 Å². The van der Waals surface area contributed by atoms with Gasteiger partial charge >= 0.3 is 5.97 Å². The van der Waals surface area contributed by atoms with Crippen molar-refractivity contribution in [3.05, 3.63) is 83.2 Å². The molecule has 4 nitrogen and oxygen atoms in total. The van der Waals surface area contributed by atoms with Crippen LogP contribution in [0.25, 0.3) is 11.1 Å². The second kappa shape index (κ2) is 14.2. The van der Waals surface area contributed by atoms with Crippen LogP contribution in [0.4, 0.5) is 4.39 Å². The van der Waals surface area contributed by atoms with Crippen molar-refractivity contribution < 1.29 is 23.4 Å². The zero-order valence-electron chi connectivity index (χ0n) is 24.3. The smallest absolute Gasteiger partial charge is 0.306 e. The van der Waals surface area contributed by atoms with E-state index in [4.69, 9.17) is 14.2 Å². The summed E-state index contributed by atoms with van der Waals surface area (Å²) >= 11 is 0. The lowest BCUT2D eigenvalue weighted by Gasteiger charge is -2.22. The summed E-state index contributed by atoms with van der Waals surface area (Å²) in [7, 11) is 1.58. The van der Waals surface area contributed by atoms with Gasteiger partial charge in [0.15, 0.2) is 0 Å². The van der Waals surface area contributed by atoms with Gasteiger partial charge in [0, 0.05) is 12.0 Å². The molecule has 0 aliphatic heterocycles. The molecule has 4 rings (SSSR count). The molecule has 1 aliphatic rings. The molecule has 0 heterocycles. The molecule has 0 aromatic heterocycles. The summed E-state index contributed by atoms with van der Waals surface area (Å²) in [6.07, 6.45) is 4.71. The Balaban J connectivity index is 0.000000960. The summed E-state index contributed by atoms with van der Waals surface area (Å²) in [5.41, 5.74) is 4.51. The lowest BCUT2D eigenvalue weighted by atomic mass is 9.84. The van der Waals surface area contributed by atoms with E-state index in [1.54, 1.807) is 26.2 Å². The maximum Gasteiger partial charge on any atom is 0.306 e. The highest BCUT2D eigenvalue weighted by Crippen LogP contribution is 2.34. The van der Waals surface area contributed by atoms with Gasteiger partial charge in [0.05, 0.1) is 13.7 Å². The van der Waals surface area contributed by atoms with E-state index in [0.717, 1.165) is 40.3 Å². The van der Waals surface area contributed by atoms with E-state index in [2.05, 4.69) is 33.8 Å². The van der Waals surface area contributed by atoms with E-state index < -0.39 is 0 Å². The van der Waals surface area contributed by atoms with Crippen molar-refractivity contribution in [1.82, 2.24) is 0 Å². The average Bonchev–Trinajstić information content (AvgIpc) is 3.69. The van der Waals surface area contributed by atoms with Gasteiger partial charge < -0.3 is 14.2 Å². The molecule has 1 saturated carbocycles. The SMILES string of the molecule is CC1CC1.CCOC(=O)CCc1cccc(OCc2ccc(-c3cc(OC)ccc3F)c(CC(C)(C)C)c2)c1. The van der Waals surface area contributed by atoms with Crippen molar-refractivity contribution in [2.45, 2.75) is 73.3 Å². The van der Waals surface area contributed by atoms with Crippen molar-refractivity contribution in [1.29, 1.82) is 0 Å². The second-order valence-electron chi connectivity index (χ2n) is 11.5. The molecule has 0 N–H and O–H groups in total. The number of carbonyl (C=O) groups is 1. The summed E-state index contributed by atoms with van der Waals surface area (Å²) < 4.78 is 31.2. The van der Waals surface area contributed by atoms with Crippen LogP contribution in [-0.4, -0.2) is 19.7 Å². The van der Waals surface area contributed by atoms with Gasteiger partial charge in [-0.05, 0) is 83.7 Å². The van der Waals surface area contributed by atoms with E-state index in [1.165, 1.54) is 18.9 Å². The van der Waals surface area contributed by atoms with Crippen molar-refractivity contribution in [3.8, 4) is 22.6 Å². The third-order valence-electron chi connectivity index (χ3n) is 6.45. The van der Waals surface area contributed by atoms with Crippen molar-refractivity contribution >= 4 is 5.97 Å². The van der Waals surface area contributed by atoms with Crippen LogP contribution in [0.1, 0.15) is 70.6 Å². The Morgan fingerprint density at radius 1 is 0.949 bits per heavy atom. The first-order chi connectivity index (χ1) is 18.6. The molecular weight excluding hydrogens is 491 g/mol. The number of rotatable bonds is 10. The highest BCUT2D eigenvalue weighted by molar-refractivity contribution is 5.70. The topological polar surface area (TPSA) is 44.8 Å². The Kier molecular flexibility index (Phi) is 11.0. The van der Waals surface area contributed by atoms with E-state index in [-0.39, 0.29) is 17.2 Å².